The van der Waals surface area contributed by atoms with Gasteiger partial charge in [-0.05, 0) is 24.3 Å². The minimum atomic E-state index is -0.724. The van der Waals surface area contributed by atoms with Crippen molar-refractivity contribution in [1.29, 1.82) is 0 Å². The van der Waals surface area contributed by atoms with Crippen LogP contribution in [0.1, 0.15) is 16.1 Å². The topological polar surface area (TPSA) is 93.9 Å². The number of carbonyl (C=O) groups is 1. The van der Waals surface area contributed by atoms with Gasteiger partial charge in [0.05, 0.1) is 5.56 Å². The number of amides is 1. The third kappa shape index (κ3) is 3.07. The normalized spacial score (nSPS) is 10.6. The predicted octanol–water partition coefficient (Wildman–Crippen LogP) is 2.43. The Labute approximate surface area is 135 Å². The highest BCUT2D eigenvalue weighted by molar-refractivity contribution is 5.96. The monoisotopic (exact) mass is 330 g/mol. The van der Waals surface area contributed by atoms with Gasteiger partial charge in [0.25, 0.3) is 5.91 Å². The van der Waals surface area contributed by atoms with Crippen molar-refractivity contribution in [2.75, 3.05) is 0 Å². The number of ether oxygens (including phenoxy) is 1. The molecule has 0 aliphatic heterocycles. The number of primary amides is 1. The van der Waals surface area contributed by atoms with Gasteiger partial charge in [-0.2, -0.15) is 15.4 Å². The number of carbonyl (C=O) groups excluding carboxylic acids is 1. The molecular weight excluding hydrogens is 318 g/mol. The first kappa shape index (κ1) is 15.6. The van der Waals surface area contributed by atoms with Crippen molar-refractivity contribution < 1.29 is 18.3 Å². The highest BCUT2D eigenvalue weighted by Crippen LogP contribution is 2.25. The molecule has 0 radical (unpaired) electrons. The molecule has 0 fully saturated rings. The van der Waals surface area contributed by atoms with Crippen molar-refractivity contribution in [2.45, 2.75) is 6.61 Å². The van der Waals surface area contributed by atoms with Crippen LogP contribution < -0.4 is 10.5 Å². The Bertz CT molecular complexity index is 875. The molecule has 0 unspecified atom stereocenters. The first-order chi connectivity index (χ1) is 11.6. The Kier molecular flexibility index (Phi) is 4.19. The zero-order chi connectivity index (χ0) is 17.1. The number of aromatic nitrogens is 3. The van der Waals surface area contributed by atoms with Crippen LogP contribution in [0.4, 0.5) is 8.78 Å². The van der Waals surface area contributed by atoms with Gasteiger partial charge in [-0.15, -0.1) is 0 Å². The summed E-state index contributed by atoms with van der Waals surface area (Å²) in [7, 11) is 0. The van der Waals surface area contributed by atoms with Gasteiger partial charge in [-0.3, -0.25) is 4.79 Å². The van der Waals surface area contributed by atoms with Crippen LogP contribution in [0, 0.1) is 11.6 Å². The number of hydrogen-bond donors (Lipinski definition) is 2. The van der Waals surface area contributed by atoms with Crippen molar-refractivity contribution in [3.05, 3.63) is 65.4 Å². The van der Waals surface area contributed by atoms with Crippen LogP contribution in [0.15, 0.2) is 42.5 Å². The molecule has 0 spiro atoms. The first-order valence-electron chi connectivity index (χ1n) is 6.93. The lowest BCUT2D eigenvalue weighted by molar-refractivity contribution is 0.0996. The second-order valence-corrected chi connectivity index (χ2v) is 4.90. The number of halogens is 2. The van der Waals surface area contributed by atoms with Crippen LogP contribution in [0.3, 0.4) is 0 Å². The third-order valence-electron chi connectivity index (χ3n) is 3.33. The zero-order valence-electron chi connectivity index (χ0n) is 12.3. The minimum Gasteiger partial charge on any atom is -0.489 e. The first-order valence-corrected chi connectivity index (χ1v) is 6.93. The third-order valence-corrected chi connectivity index (χ3v) is 3.33. The number of hydrogen-bond acceptors (Lipinski definition) is 4. The summed E-state index contributed by atoms with van der Waals surface area (Å²) in [5.41, 5.74) is 5.85. The maximum atomic E-state index is 13.6. The number of rotatable bonds is 5. The molecule has 1 aromatic heterocycles. The predicted molar refractivity (Wildman–Crippen MR) is 81.0 cm³/mol. The Hall–Kier alpha value is -3.29. The number of nitrogens with zero attached hydrogens (tertiary/aromatic N) is 2. The standard InChI is InChI=1S/C16H12F2N4O2/c17-12-5-2-6-13(18)11(12)8-24-10-4-1-3-9(7-10)14-15(16(19)23)21-22-20-14/h1-7H,8H2,(H2,19,23)(H,20,21,22). The highest BCUT2D eigenvalue weighted by atomic mass is 19.1. The Morgan fingerprint density at radius 1 is 1.12 bits per heavy atom. The van der Waals surface area contributed by atoms with E-state index in [0.717, 1.165) is 12.1 Å². The Morgan fingerprint density at radius 3 is 2.54 bits per heavy atom. The molecule has 0 aliphatic carbocycles. The SMILES string of the molecule is NC(=O)c1n[nH]nc1-c1cccc(OCc2c(F)cccc2F)c1. The van der Waals surface area contributed by atoms with Crippen LogP contribution in [-0.4, -0.2) is 21.3 Å². The van der Waals surface area contributed by atoms with E-state index in [-0.39, 0.29) is 23.6 Å². The molecular formula is C16H12F2N4O2. The van der Waals surface area contributed by atoms with Gasteiger partial charge in [0.1, 0.15) is 29.7 Å². The quantitative estimate of drug-likeness (QED) is 0.751. The van der Waals surface area contributed by atoms with Crippen LogP contribution in [0.2, 0.25) is 0 Å². The van der Waals surface area contributed by atoms with Crippen molar-refractivity contribution in [3.63, 3.8) is 0 Å². The van der Waals surface area contributed by atoms with Crippen molar-refractivity contribution in [2.24, 2.45) is 5.73 Å². The number of H-pyrrole nitrogens is 1. The molecule has 0 bridgehead atoms. The highest BCUT2D eigenvalue weighted by Gasteiger charge is 2.16. The molecule has 8 heteroatoms. The summed E-state index contributed by atoms with van der Waals surface area (Å²) in [6.07, 6.45) is 0. The molecule has 3 aromatic rings. The molecule has 6 nitrogen and oxygen atoms in total. The second kappa shape index (κ2) is 6.45. The number of nitrogens with one attached hydrogen (secondary N) is 1. The minimum absolute atomic E-state index is 0.00713. The van der Waals surface area contributed by atoms with Crippen molar-refractivity contribution in [3.8, 4) is 17.0 Å². The Morgan fingerprint density at radius 2 is 1.83 bits per heavy atom. The van der Waals surface area contributed by atoms with Gasteiger partial charge in [-0.25, -0.2) is 8.78 Å². The lowest BCUT2D eigenvalue weighted by Gasteiger charge is -2.09. The Balaban J connectivity index is 1.84. The van der Waals surface area contributed by atoms with E-state index < -0.39 is 17.5 Å². The zero-order valence-corrected chi connectivity index (χ0v) is 12.3. The summed E-state index contributed by atoms with van der Waals surface area (Å²) in [6.45, 7) is -0.274. The fourth-order valence-electron chi connectivity index (χ4n) is 2.16. The van der Waals surface area contributed by atoms with Gasteiger partial charge in [0.2, 0.25) is 0 Å². The molecule has 24 heavy (non-hydrogen) atoms. The van der Waals surface area contributed by atoms with E-state index >= 15 is 0 Å². The molecule has 3 rings (SSSR count). The lowest BCUT2D eigenvalue weighted by Crippen LogP contribution is -2.12. The summed E-state index contributed by atoms with van der Waals surface area (Å²) >= 11 is 0. The maximum absolute atomic E-state index is 13.6. The van der Waals surface area contributed by atoms with Crippen molar-refractivity contribution >= 4 is 5.91 Å². The van der Waals surface area contributed by atoms with E-state index in [9.17, 15) is 13.6 Å². The lowest BCUT2D eigenvalue weighted by atomic mass is 10.1. The molecule has 0 saturated carbocycles. The van der Waals surface area contributed by atoms with Gasteiger partial charge in [0, 0.05) is 5.56 Å². The van der Waals surface area contributed by atoms with E-state index in [4.69, 9.17) is 10.5 Å². The average Bonchev–Trinajstić information content (AvgIpc) is 3.04. The largest absolute Gasteiger partial charge is 0.489 e. The van der Waals surface area contributed by atoms with Crippen LogP contribution in [-0.2, 0) is 6.61 Å². The fourth-order valence-corrected chi connectivity index (χ4v) is 2.16. The summed E-state index contributed by atoms with van der Waals surface area (Å²) < 4.78 is 32.6. The van der Waals surface area contributed by atoms with Crippen molar-refractivity contribution in [1.82, 2.24) is 15.4 Å². The van der Waals surface area contributed by atoms with Gasteiger partial charge >= 0.3 is 0 Å². The van der Waals surface area contributed by atoms with Crippen LogP contribution in [0.5, 0.6) is 5.75 Å². The van der Waals surface area contributed by atoms with E-state index in [2.05, 4.69) is 15.4 Å². The van der Waals surface area contributed by atoms with E-state index in [1.165, 1.54) is 6.07 Å². The molecule has 0 aliphatic rings. The van der Waals surface area contributed by atoms with E-state index in [1.807, 2.05) is 0 Å². The molecule has 0 saturated heterocycles. The number of aromatic amines is 1. The summed E-state index contributed by atoms with van der Waals surface area (Å²) in [6, 6.07) is 10.1. The molecule has 0 atom stereocenters. The second-order valence-electron chi connectivity index (χ2n) is 4.90. The summed E-state index contributed by atoms with van der Waals surface area (Å²) in [5, 5.41) is 9.90. The van der Waals surface area contributed by atoms with Gasteiger partial charge < -0.3 is 10.5 Å². The summed E-state index contributed by atoms with van der Waals surface area (Å²) in [4.78, 5) is 11.3. The molecule has 1 heterocycles. The van der Waals surface area contributed by atoms with Crippen LogP contribution >= 0.6 is 0 Å². The van der Waals surface area contributed by atoms with Gasteiger partial charge in [0.15, 0.2) is 5.69 Å². The number of benzene rings is 2. The van der Waals surface area contributed by atoms with Gasteiger partial charge in [-0.1, -0.05) is 18.2 Å². The molecule has 122 valence electrons. The average molecular weight is 330 g/mol. The van der Waals surface area contributed by atoms with E-state index in [1.54, 1.807) is 24.3 Å². The fraction of sp³-hybridized carbons (Fsp3) is 0.0625. The number of nitrogens with two attached hydrogens (primary N) is 1. The van der Waals surface area contributed by atoms with Crippen LogP contribution in [0.25, 0.3) is 11.3 Å². The smallest absolute Gasteiger partial charge is 0.271 e. The van der Waals surface area contributed by atoms with E-state index in [0.29, 0.717) is 11.3 Å². The summed E-state index contributed by atoms with van der Waals surface area (Å²) in [5.74, 6) is -1.73. The molecule has 1 amide bonds. The molecule has 3 N–H and O–H groups in total. The molecule has 2 aromatic carbocycles. The maximum Gasteiger partial charge on any atom is 0.271 e.